The summed E-state index contributed by atoms with van der Waals surface area (Å²) in [6.07, 6.45) is 1.33. The van der Waals surface area contributed by atoms with E-state index in [2.05, 4.69) is 0 Å². The Morgan fingerprint density at radius 3 is 2.92 bits per heavy atom. The first kappa shape index (κ1) is 9.86. The van der Waals surface area contributed by atoms with Gasteiger partial charge in [0.25, 0.3) is 0 Å². The van der Waals surface area contributed by atoms with Gasteiger partial charge in [0.15, 0.2) is 0 Å². The highest BCUT2D eigenvalue weighted by molar-refractivity contribution is 7.99. The molecule has 3 nitrogen and oxygen atoms in total. The molecular weight excluding hydrogens is 176 g/mol. The van der Waals surface area contributed by atoms with Gasteiger partial charge >= 0.3 is 5.97 Å². The topological polar surface area (TPSA) is 57.5 Å². The number of carboxylic acid groups (broad SMARTS) is 1. The molecule has 0 bridgehead atoms. The molecule has 2 atom stereocenters. The van der Waals surface area contributed by atoms with Crippen LogP contribution in [0, 0.1) is 5.92 Å². The first-order valence-corrected chi connectivity index (χ1v) is 5.33. The fraction of sp³-hybridized carbons (Fsp3) is 0.875. The van der Waals surface area contributed by atoms with Gasteiger partial charge in [-0.25, -0.2) is 0 Å². The van der Waals surface area contributed by atoms with Gasteiger partial charge in [-0.1, -0.05) is 0 Å². The molecule has 0 aromatic rings. The second-order valence-electron chi connectivity index (χ2n) is 3.14. The average Bonchev–Trinajstić information content (AvgIpc) is 2.05. The van der Waals surface area contributed by atoms with Crippen LogP contribution in [0.3, 0.4) is 0 Å². The van der Waals surface area contributed by atoms with E-state index in [9.17, 15) is 9.90 Å². The van der Waals surface area contributed by atoms with Gasteiger partial charge in [0.05, 0.1) is 12.5 Å². The molecule has 0 radical (unpaired) electrons. The third kappa shape index (κ3) is 3.03. The summed E-state index contributed by atoms with van der Waals surface area (Å²) in [6.45, 7) is 0. The van der Waals surface area contributed by atoms with Crippen LogP contribution in [0.5, 0.6) is 0 Å². The Hall–Kier alpha value is -0.220. The molecule has 0 amide bonds. The molecule has 12 heavy (non-hydrogen) atoms. The molecule has 0 aromatic heterocycles. The molecule has 1 fully saturated rings. The summed E-state index contributed by atoms with van der Waals surface area (Å²) >= 11 is 1.81. The Morgan fingerprint density at radius 2 is 2.42 bits per heavy atom. The van der Waals surface area contributed by atoms with E-state index in [4.69, 9.17) is 5.11 Å². The number of aliphatic hydroxyl groups excluding tert-OH is 1. The Kier molecular flexibility index (Phi) is 3.88. The van der Waals surface area contributed by atoms with Gasteiger partial charge in [-0.15, -0.1) is 0 Å². The van der Waals surface area contributed by atoms with Gasteiger partial charge in [-0.2, -0.15) is 11.8 Å². The summed E-state index contributed by atoms with van der Waals surface area (Å²) in [5.41, 5.74) is 0. The number of hydrogen-bond donors (Lipinski definition) is 2. The van der Waals surface area contributed by atoms with Crippen molar-refractivity contribution < 1.29 is 15.0 Å². The maximum atomic E-state index is 10.3. The maximum Gasteiger partial charge on any atom is 0.305 e. The van der Waals surface area contributed by atoms with Gasteiger partial charge in [-0.3, -0.25) is 4.79 Å². The number of hydrogen-bond acceptors (Lipinski definition) is 3. The van der Waals surface area contributed by atoms with Crippen LogP contribution in [0.2, 0.25) is 0 Å². The molecule has 1 aliphatic rings. The zero-order valence-corrected chi connectivity index (χ0v) is 7.72. The van der Waals surface area contributed by atoms with Crippen LogP contribution in [0.25, 0.3) is 0 Å². The fourth-order valence-corrected chi connectivity index (χ4v) is 2.64. The first-order chi connectivity index (χ1) is 5.70. The zero-order chi connectivity index (χ0) is 8.97. The molecule has 2 N–H and O–H groups in total. The van der Waals surface area contributed by atoms with Crippen LogP contribution in [0.15, 0.2) is 0 Å². The normalized spacial score (nSPS) is 26.6. The van der Waals surface area contributed by atoms with Crippen molar-refractivity contribution in [2.75, 3.05) is 11.5 Å². The van der Waals surface area contributed by atoms with Gasteiger partial charge in [0, 0.05) is 0 Å². The Bertz CT molecular complexity index is 154. The van der Waals surface area contributed by atoms with Crippen molar-refractivity contribution in [1.82, 2.24) is 0 Å². The molecule has 0 aliphatic carbocycles. The largest absolute Gasteiger partial charge is 0.481 e. The summed E-state index contributed by atoms with van der Waals surface area (Å²) in [7, 11) is 0. The second kappa shape index (κ2) is 4.72. The molecule has 0 spiro atoms. The van der Waals surface area contributed by atoms with E-state index in [1.807, 2.05) is 0 Å². The molecular formula is C8H14O3S. The monoisotopic (exact) mass is 190 g/mol. The molecule has 0 saturated carbocycles. The smallest absolute Gasteiger partial charge is 0.305 e. The van der Waals surface area contributed by atoms with E-state index < -0.39 is 12.1 Å². The molecule has 4 heteroatoms. The van der Waals surface area contributed by atoms with Crippen molar-refractivity contribution in [3.63, 3.8) is 0 Å². The summed E-state index contributed by atoms with van der Waals surface area (Å²) in [5.74, 6) is 1.35. The van der Waals surface area contributed by atoms with E-state index >= 15 is 0 Å². The number of aliphatic hydroxyl groups is 1. The Morgan fingerprint density at radius 1 is 1.67 bits per heavy atom. The SMILES string of the molecule is O=C(O)CC(O)C1CCCSC1. The quantitative estimate of drug-likeness (QED) is 0.696. The van der Waals surface area contributed by atoms with E-state index in [0.29, 0.717) is 0 Å². The minimum atomic E-state index is -0.905. The van der Waals surface area contributed by atoms with Crippen molar-refractivity contribution in [1.29, 1.82) is 0 Å². The third-order valence-electron chi connectivity index (χ3n) is 2.12. The number of aliphatic carboxylic acids is 1. The number of carboxylic acids is 1. The molecule has 1 rings (SSSR count). The molecule has 70 valence electrons. The van der Waals surface area contributed by atoms with E-state index in [1.165, 1.54) is 0 Å². The lowest BCUT2D eigenvalue weighted by Gasteiger charge is -2.24. The van der Waals surface area contributed by atoms with Crippen LogP contribution in [0.4, 0.5) is 0 Å². The first-order valence-electron chi connectivity index (χ1n) is 4.17. The lowest BCUT2D eigenvalue weighted by atomic mass is 9.96. The van der Waals surface area contributed by atoms with Crippen molar-refractivity contribution in [3.05, 3.63) is 0 Å². The highest BCUT2D eigenvalue weighted by Crippen LogP contribution is 2.26. The van der Waals surface area contributed by atoms with E-state index in [0.717, 1.165) is 24.3 Å². The Balaban J connectivity index is 2.29. The molecule has 1 heterocycles. The summed E-state index contributed by atoms with van der Waals surface area (Å²) < 4.78 is 0. The second-order valence-corrected chi connectivity index (χ2v) is 4.29. The van der Waals surface area contributed by atoms with Crippen LogP contribution in [-0.2, 0) is 4.79 Å². The highest BCUT2D eigenvalue weighted by Gasteiger charge is 2.23. The Labute approximate surface area is 76.2 Å². The zero-order valence-electron chi connectivity index (χ0n) is 6.90. The number of thioether (sulfide) groups is 1. The third-order valence-corrected chi connectivity index (χ3v) is 3.36. The molecule has 0 aromatic carbocycles. The van der Waals surface area contributed by atoms with Gasteiger partial charge in [-0.05, 0) is 30.3 Å². The molecule has 2 unspecified atom stereocenters. The summed E-state index contributed by atoms with van der Waals surface area (Å²) in [5, 5.41) is 17.9. The van der Waals surface area contributed by atoms with E-state index in [-0.39, 0.29) is 12.3 Å². The van der Waals surface area contributed by atoms with Crippen molar-refractivity contribution in [3.8, 4) is 0 Å². The molecule has 1 aliphatic heterocycles. The van der Waals surface area contributed by atoms with Crippen LogP contribution >= 0.6 is 11.8 Å². The van der Waals surface area contributed by atoms with Crippen LogP contribution < -0.4 is 0 Å². The van der Waals surface area contributed by atoms with Gasteiger partial charge in [0.2, 0.25) is 0 Å². The maximum absolute atomic E-state index is 10.3. The predicted octanol–water partition coefficient (Wildman–Crippen LogP) is 0.965. The number of rotatable bonds is 3. The molecule has 1 saturated heterocycles. The van der Waals surface area contributed by atoms with Gasteiger partial charge < -0.3 is 10.2 Å². The summed E-state index contributed by atoms with van der Waals surface area (Å²) in [4.78, 5) is 10.3. The van der Waals surface area contributed by atoms with Crippen LogP contribution in [0.1, 0.15) is 19.3 Å². The standard InChI is InChI=1S/C8H14O3S/c9-7(4-8(10)11)6-2-1-3-12-5-6/h6-7,9H,1-5H2,(H,10,11). The number of carbonyl (C=O) groups is 1. The van der Waals surface area contributed by atoms with Crippen molar-refractivity contribution in [2.45, 2.75) is 25.4 Å². The highest BCUT2D eigenvalue weighted by atomic mass is 32.2. The van der Waals surface area contributed by atoms with Gasteiger partial charge in [0.1, 0.15) is 0 Å². The fourth-order valence-electron chi connectivity index (χ4n) is 1.41. The lowest BCUT2D eigenvalue weighted by molar-refractivity contribution is -0.139. The lowest BCUT2D eigenvalue weighted by Crippen LogP contribution is -2.27. The van der Waals surface area contributed by atoms with Crippen molar-refractivity contribution >= 4 is 17.7 Å². The van der Waals surface area contributed by atoms with Crippen molar-refractivity contribution in [2.24, 2.45) is 5.92 Å². The summed E-state index contributed by atoms with van der Waals surface area (Å²) in [6, 6.07) is 0. The average molecular weight is 190 g/mol. The minimum absolute atomic E-state index is 0.106. The minimum Gasteiger partial charge on any atom is -0.481 e. The van der Waals surface area contributed by atoms with E-state index in [1.54, 1.807) is 11.8 Å². The van der Waals surface area contributed by atoms with Crippen LogP contribution in [-0.4, -0.2) is 33.8 Å². The predicted molar refractivity (Wildman–Crippen MR) is 48.3 cm³/mol.